The van der Waals surface area contributed by atoms with Gasteiger partial charge in [-0.15, -0.1) is 0 Å². The standard InChI is InChI=1S/C23H40.C2H6/c1-6-23(5)16-19(11-8-12-21(23)17-9-7-10-17)18-13-14-20(15-18)22(2,3)4;1-2/h14,17-19,21H,6-13,15-16H2,1-5H3;1-2H3. The molecule has 0 aromatic carbocycles. The van der Waals surface area contributed by atoms with Gasteiger partial charge in [-0.25, -0.2) is 0 Å². The second-order valence-electron chi connectivity index (χ2n) is 10.4. The summed E-state index contributed by atoms with van der Waals surface area (Å²) in [5.74, 6) is 4.05. The Morgan fingerprint density at radius 1 is 0.960 bits per heavy atom. The maximum Gasteiger partial charge on any atom is -0.0173 e. The molecular weight excluding hydrogens is 300 g/mol. The van der Waals surface area contributed by atoms with Crippen LogP contribution < -0.4 is 0 Å². The van der Waals surface area contributed by atoms with Crippen LogP contribution in [0.2, 0.25) is 0 Å². The smallest absolute Gasteiger partial charge is 0.0173 e. The van der Waals surface area contributed by atoms with E-state index >= 15 is 0 Å². The van der Waals surface area contributed by atoms with E-state index in [0.29, 0.717) is 10.8 Å². The predicted octanol–water partition coefficient (Wildman–Crippen LogP) is 8.42. The van der Waals surface area contributed by atoms with Gasteiger partial charge in [-0.1, -0.05) is 98.6 Å². The van der Waals surface area contributed by atoms with Crippen molar-refractivity contribution in [3.05, 3.63) is 11.6 Å². The largest absolute Gasteiger partial charge is 0.0845 e. The lowest BCUT2D eigenvalue weighted by Gasteiger charge is -2.46. The minimum absolute atomic E-state index is 0.391. The van der Waals surface area contributed by atoms with Crippen LogP contribution in [0, 0.1) is 34.5 Å². The zero-order valence-electron chi connectivity index (χ0n) is 18.5. The van der Waals surface area contributed by atoms with Crippen molar-refractivity contribution in [2.75, 3.05) is 0 Å². The van der Waals surface area contributed by atoms with Crippen LogP contribution in [-0.2, 0) is 0 Å². The first kappa shape index (κ1) is 21.0. The third-order valence-corrected chi connectivity index (χ3v) is 8.02. The first-order valence-electron chi connectivity index (χ1n) is 11.5. The molecule has 0 aromatic heterocycles. The second-order valence-corrected chi connectivity index (χ2v) is 10.4. The van der Waals surface area contributed by atoms with Crippen molar-refractivity contribution < 1.29 is 0 Å². The molecule has 0 heteroatoms. The summed E-state index contributed by atoms with van der Waals surface area (Å²) in [6.07, 6.45) is 17.4. The maximum absolute atomic E-state index is 2.65. The van der Waals surface area contributed by atoms with Crippen LogP contribution in [0.3, 0.4) is 0 Å². The van der Waals surface area contributed by atoms with E-state index in [9.17, 15) is 0 Å². The van der Waals surface area contributed by atoms with Gasteiger partial charge < -0.3 is 0 Å². The predicted molar refractivity (Wildman–Crippen MR) is 113 cm³/mol. The summed E-state index contributed by atoms with van der Waals surface area (Å²) in [6.45, 7) is 16.3. The molecule has 0 saturated heterocycles. The first-order valence-corrected chi connectivity index (χ1v) is 11.5. The van der Waals surface area contributed by atoms with Gasteiger partial charge in [0.05, 0.1) is 0 Å². The summed E-state index contributed by atoms with van der Waals surface area (Å²) in [7, 11) is 0. The Kier molecular flexibility index (Phi) is 7.26. The van der Waals surface area contributed by atoms with Gasteiger partial charge >= 0.3 is 0 Å². The van der Waals surface area contributed by atoms with Crippen LogP contribution in [0.25, 0.3) is 0 Å². The van der Waals surface area contributed by atoms with Gasteiger partial charge in [0, 0.05) is 0 Å². The quantitative estimate of drug-likeness (QED) is 0.355. The normalized spacial score (nSPS) is 36.8. The zero-order valence-corrected chi connectivity index (χ0v) is 18.5. The molecule has 0 nitrogen and oxygen atoms in total. The fourth-order valence-corrected chi connectivity index (χ4v) is 5.97. The third-order valence-electron chi connectivity index (χ3n) is 8.02. The molecule has 4 unspecified atom stereocenters. The molecule has 0 aromatic rings. The molecule has 0 bridgehead atoms. The van der Waals surface area contributed by atoms with Crippen LogP contribution in [-0.4, -0.2) is 0 Å². The highest BCUT2D eigenvalue weighted by Gasteiger charge is 2.44. The lowest BCUT2D eigenvalue weighted by atomic mass is 9.59. The average Bonchev–Trinajstić information content (AvgIpc) is 2.97. The Hall–Kier alpha value is -0.260. The van der Waals surface area contributed by atoms with Crippen LogP contribution in [0.15, 0.2) is 11.6 Å². The first-order chi connectivity index (χ1) is 11.8. The minimum Gasteiger partial charge on any atom is -0.0845 e. The fraction of sp³-hybridized carbons (Fsp3) is 0.920. The van der Waals surface area contributed by atoms with E-state index in [0.717, 1.165) is 23.7 Å². The van der Waals surface area contributed by atoms with E-state index in [4.69, 9.17) is 0 Å². The molecule has 0 spiro atoms. The van der Waals surface area contributed by atoms with Crippen molar-refractivity contribution in [3.8, 4) is 0 Å². The lowest BCUT2D eigenvalue weighted by molar-refractivity contribution is 0.0445. The van der Waals surface area contributed by atoms with E-state index in [1.165, 1.54) is 64.2 Å². The molecule has 0 amide bonds. The van der Waals surface area contributed by atoms with Crippen LogP contribution >= 0.6 is 0 Å². The van der Waals surface area contributed by atoms with E-state index < -0.39 is 0 Å². The Balaban J connectivity index is 0.00000109. The summed E-state index contributed by atoms with van der Waals surface area (Å²) < 4.78 is 0. The molecule has 2 saturated carbocycles. The molecule has 3 aliphatic rings. The van der Waals surface area contributed by atoms with Crippen LogP contribution in [0.4, 0.5) is 0 Å². The molecular formula is C25H46. The molecule has 0 heterocycles. The zero-order chi connectivity index (χ0) is 18.7. The third kappa shape index (κ3) is 4.72. The molecule has 25 heavy (non-hydrogen) atoms. The van der Waals surface area contributed by atoms with E-state index in [1.54, 1.807) is 5.57 Å². The Labute approximate surface area is 159 Å². The Morgan fingerprint density at radius 3 is 2.04 bits per heavy atom. The SMILES string of the molecule is CC.CCC1(C)CC(C2CC=C(C(C)(C)C)C2)CCCC1C1CCC1. The lowest BCUT2D eigenvalue weighted by Crippen LogP contribution is -2.36. The molecule has 146 valence electrons. The van der Waals surface area contributed by atoms with Crippen molar-refractivity contribution in [1.29, 1.82) is 0 Å². The highest BCUT2D eigenvalue weighted by atomic mass is 14.5. The molecule has 0 aliphatic heterocycles. The van der Waals surface area contributed by atoms with Gasteiger partial charge in [0.1, 0.15) is 0 Å². The van der Waals surface area contributed by atoms with Crippen LogP contribution in [0.1, 0.15) is 113 Å². The minimum atomic E-state index is 0.391. The van der Waals surface area contributed by atoms with Crippen LogP contribution in [0.5, 0.6) is 0 Å². The van der Waals surface area contributed by atoms with E-state index in [-0.39, 0.29) is 0 Å². The van der Waals surface area contributed by atoms with Crippen molar-refractivity contribution in [2.24, 2.45) is 34.5 Å². The molecule has 3 aliphatic carbocycles. The van der Waals surface area contributed by atoms with Crippen molar-refractivity contribution in [1.82, 2.24) is 0 Å². The topological polar surface area (TPSA) is 0 Å². The molecule has 0 N–H and O–H groups in total. The van der Waals surface area contributed by atoms with Gasteiger partial charge in [0.25, 0.3) is 0 Å². The highest BCUT2D eigenvalue weighted by molar-refractivity contribution is 5.17. The van der Waals surface area contributed by atoms with Gasteiger partial charge in [-0.2, -0.15) is 0 Å². The van der Waals surface area contributed by atoms with Crippen molar-refractivity contribution in [2.45, 2.75) is 113 Å². The number of allylic oxidation sites excluding steroid dienone is 2. The van der Waals surface area contributed by atoms with Crippen molar-refractivity contribution in [3.63, 3.8) is 0 Å². The molecule has 4 atom stereocenters. The second kappa shape index (κ2) is 8.62. The number of hydrogen-bond donors (Lipinski definition) is 0. The summed E-state index contributed by atoms with van der Waals surface area (Å²) in [5, 5.41) is 0. The maximum atomic E-state index is 2.65. The Morgan fingerprint density at radius 2 is 1.56 bits per heavy atom. The van der Waals surface area contributed by atoms with E-state index in [2.05, 4.69) is 40.7 Å². The monoisotopic (exact) mass is 346 g/mol. The highest BCUT2D eigenvalue weighted by Crippen LogP contribution is 2.55. The number of rotatable bonds is 3. The molecule has 0 radical (unpaired) electrons. The van der Waals surface area contributed by atoms with Gasteiger partial charge in [0.2, 0.25) is 0 Å². The summed E-state index contributed by atoms with van der Waals surface area (Å²) in [5.41, 5.74) is 2.75. The van der Waals surface area contributed by atoms with Gasteiger partial charge in [0.15, 0.2) is 0 Å². The van der Waals surface area contributed by atoms with Crippen molar-refractivity contribution >= 4 is 0 Å². The molecule has 3 rings (SSSR count). The fourth-order valence-electron chi connectivity index (χ4n) is 5.97. The Bertz CT molecular complexity index is 433. The van der Waals surface area contributed by atoms with E-state index in [1.807, 2.05) is 13.8 Å². The average molecular weight is 347 g/mol. The molecule has 2 fully saturated rings. The summed E-state index contributed by atoms with van der Waals surface area (Å²) >= 11 is 0. The van der Waals surface area contributed by atoms with Gasteiger partial charge in [-0.3, -0.25) is 0 Å². The summed E-state index contributed by atoms with van der Waals surface area (Å²) in [4.78, 5) is 0. The van der Waals surface area contributed by atoms with Gasteiger partial charge in [-0.05, 0) is 60.2 Å². The summed E-state index contributed by atoms with van der Waals surface area (Å²) in [6, 6.07) is 0. The number of hydrogen-bond acceptors (Lipinski definition) is 0.